The van der Waals surface area contributed by atoms with Gasteiger partial charge >= 0.3 is 6.03 Å². The van der Waals surface area contributed by atoms with E-state index < -0.39 is 11.6 Å². The Morgan fingerprint density at radius 3 is 2.46 bits per heavy atom. The number of H-pyrrole nitrogens is 1. The van der Waals surface area contributed by atoms with Crippen LogP contribution in [-0.4, -0.2) is 16.0 Å². The normalized spacial score (nSPS) is 10.4. The van der Waals surface area contributed by atoms with Crippen LogP contribution in [0.25, 0.3) is 5.57 Å². The zero-order chi connectivity index (χ0) is 19.9. The number of benzene rings is 1. The number of aromatic amines is 1. The Balaban J connectivity index is 0.00000163. The smallest absolute Gasteiger partial charge is 0.322 e. The molecule has 0 radical (unpaired) electrons. The zero-order valence-electron chi connectivity index (χ0n) is 16.4. The van der Waals surface area contributed by atoms with Crippen LogP contribution in [0.15, 0.2) is 41.7 Å². The number of urea groups is 1. The van der Waals surface area contributed by atoms with E-state index in [0.717, 1.165) is 16.7 Å². The lowest BCUT2D eigenvalue weighted by Crippen LogP contribution is -2.43. The van der Waals surface area contributed by atoms with Crippen molar-refractivity contribution in [2.24, 2.45) is 0 Å². The SMILES string of the molecule is C=C(C)c1cccc(C(C)(C)NC(=O)Nc2nc(C)cc(=O)[nH]2)c1.CC. The van der Waals surface area contributed by atoms with Crippen LogP contribution >= 0.6 is 0 Å². The highest BCUT2D eigenvalue weighted by Gasteiger charge is 2.23. The first kappa shape index (κ1) is 21.2. The van der Waals surface area contributed by atoms with Crippen LogP contribution in [0.4, 0.5) is 10.7 Å². The first-order valence-electron chi connectivity index (χ1n) is 8.61. The van der Waals surface area contributed by atoms with Gasteiger partial charge in [0.15, 0.2) is 0 Å². The lowest BCUT2D eigenvalue weighted by Gasteiger charge is -2.27. The summed E-state index contributed by atoms with van der Waals surface area (Å²) in [7, 11) is 0. The number of nitrogens with zero attached hydrogens (tertiary/aromatic N) is 1. The van der Waals surface area contributed by atoms with Gasteiger partial charge in [-0.2, -0.15) is 0 Å². The first-order valence-corrected chi connectivity index (χ1v) is 8.61. The van der Waals surface area contributed by atoms with Crippen LogP contribution in [0.2, 0.25) is 0 Å². The fourth-order valence-corrected chi connectivity index (χ4v) is 2.31. The van der Waals surface area contributed by atoms with Gasteiger partial charge in [0, 0.05) is 11.8 Å². The molecule has 0 aliphatic heterocycles. The molecule has 2 aromatic rings. The van der Waals surface area contributed by atoms with E-state index in [0.29, 0.717) is 5.69 Å². The number of allylic oxidation sites excluding steroid dienone is 1. The maximum atomic E-state index is 12.2. The highest BCUT2D eigenvalue weighted by Crippen LogP contribution is 2.23. The Hall–Kier alpha value is -2.89. The number of hydrogen-bond donors (Lipinski definition) is 3. The fraction of sp³-hybridized carbons (Fsp3) is 0.350. The van der Waals surface area contributed by atoms with Gasteiger partial charge < -0.3 is 5.32 Å². The van der Waals surface area contributed by atoms with E-state index in [9.17, 15) is 9.59 Å². The summed E-state index contributed by atoms with van der Waals surface area (Å²) in [6, 6.07) is 8.75. The molecule has 0 bridgehead atoms. The van der Waals surface area contributed by atoms with Crippen molar-refractivity contribution in [3.05, 3.63) is 64.1 Å². The minimum atomic E-state index is -0.611. The van der Waals surface area contributed by atoms with E-state index in [1.54, 1.807) is 6.92 Å². The van der Waals surface area contributed by atoms with Crippen LogP contribution < -0.4 is 16.2 Å². The van der Waals surface area contributed by atoms with Crippen molar-refractivity contribution in [1.29, 1.82) is 0 Å². The van der Waals surface area contributed by atoms with Gasteiger partial charge in [-0.15, -0.1) is 0 Å². The molecule has 1 heterocycles. The lowest BCUT2D eigenvalue weighted by molar-refractivity contribution is 0.241. The van der Waals surface area contributed by atoms with E-state index in [-0.39, 0.29) is 11.5 Å². The van der Waals surface area contributed by atoms with Crippen molar-refractivity contribution in [1.82, 2.24) is 15.3 Å². The molecule has 2 rings (SSSR count). The molecule has 0 unspecified atom stereocenters. The molecule has 0 saturated heterocycles. The monoisotopic (exact) mass is 356 g/mol. The maximum absolute atomic E-state index is 12.2. The topological polar surface area (TPSA) is 86.9 Å². The second-order valence-corrected chi connectivity index (χ2v) is 6.30. The molecular weight excluding hydrogens is 328 g/mol. The van der Waals surface area contributed by atoms with Crippen molar-refractivity contribution in [2.75, 3.05) is 5.32 Å². The van der Waals surface area contributed by atoms with Crippen molar-refractivity contribution in [3.63, 3.8) is 0 Å². The standard InChI is InChI=1S/C18H22N4O2.C2H6/c1-11(2)13-7-6-8-14(10-13)18(4,5)22-17(24)21-16-19-12(3)9-15(23)20-16;1-2/h6-10H,1H2,2-5H3,(H3,19,20,21,22,23,24);1-2H3. The summed E-state index contributed by atoms with van der Waals surface area (Å²) in [5, 5.41) is 5.44. The first-order chi connectivity index (χ1) is 12.2. The third-order valence-corrected chi connectivity index (χ3v) is 3.60. The number of carbonyl (C=O) groups excluding carboxylic acids is 1. The molecule has 0 aliphatic rings. The molecule has 2 amide bonds. The van der Waals surface area contributed by atoms with E-state index in [1.807, 2.05) is 58.9 Å². The third-order valence-electron chi connectivity index (χ3n) is 3.60. The number of hydrogen-bond acceptors (Lipinski definition) is 3. The summed E-state index contributed by atoms with van der Waals surface area (Å²) in [5.74, 6) is 0.115. The van der Waals surface area contributed by atoms with Gasteiger partial charge in [0.2, 0.25) is 5.95 Å². The Morgan fingerprint density at radius 2 is 1.88 bits per heavy atom. The highest BCUT2D eigenvalue weighted by molar-refractivity contribution is 5.88. The molecule has 0 saturated carbocycles. The van der Waals surface area contributed by atoms with Crippen LogP contribution in [0.5, 0.6) is 0 Å². The van der Waals surface area contributed by atoms with Gasteiger partial charge in [0.1, 0.15) is 0 Å². The molecule has 3 N–H and O–H groups in total. The number of rotatable bonds is 4. The average Bonchev–Trinajstić information content (AvgIpc) is 2.55. The summed E-state index contributed by atoms with van der Waals surface area (Å²) in [4.78, 5) is 30.2. The van der Waals surface area contributed by atoms with Crippen LogP contribution in [0, 0.1) is 6.92 Å². The summed E-state index contributed by atoms with van der Waals surface area (Å²) < 4.78 is 0. The number of amides is 2. The summed E-state index contributed by atoms with van der Waals surface area (Å²) in [6.07, 6.45) is 0. The molecule has 0 spiro atoms. The van der Waals surface area contributed by atoms with Gasteiger partial charge in [0.25, 0.3) is 5.56 Å². The second kappa shape index (κ2) is 8.99. The molecule has 0 aliphatic carbocycles. The molecule has 26 heavy (non-hydrogen) atoms. The van der Waals surface area contributed by atoms with Gasteiger partial charge in [-0.05, 0) is 44.9 Å². The molecule has 1 aromatic heterocycles. The average molecular weight is 356 g/mol. The van der Waals surface area contributed by atoms with Crippen molar-refractivity contribution in [3.8, 4) is 0 Å². The molecule has 1 aromatic carbocycles. The van der Waals surface area contributed by atoms with Gasteiger partial charge in [-0.25, -0.2) is 9.78 Å². The molecule has 6 nitrogen and oxygen atoms in total. The summed E-state index contributed by atoms with van der Waals surface area (Å²) >= 11 is 0. The van der Waals surface area contributed by atoms with E-state index >= 15 is 0 Å². The van der Waals surface area contributed by atoms with Crippen LogP contribution in [0.3, 0.4) is 0 Å². The fourth-order valence-electron chi connectivity index (χ4n) is 2.31. The van der Waals surface area contributed by atoms with Crippen molar-refractivity contribution >= 4 is 17.6 Å². The van der Waals surface area contributed by atoms with Crippen LogP contribution in [0.1, 0.15) is 51.4 Å². The van der Waals surface area contributed by atoms with Gasteiger partial charge in [-0.1, -0.05) is 44.2 Å². The van der Waals surface area contributed by atoms with Gasteiger partial charge in [-0.3, -0.25) is 15.1 Å². The minimum Gasteiger partial charge on any atom is -0.329 e. The Bertz CT molecular complexity index is 838. The third kappa shape index (κ3) is 5.88. The van der Waals surface area contributed by atoms with E-state index in [2.05, 4.69) is 27.2 Å². The van der Waals surface area contributed by atoms with Crippen molar-refractivity contribution in [2.45, 2.75) is 47.1 Å². The quantitative estimate of drug-likeness (QED) is 0.767. The van der Waals surface area contributed by atoms with Crippen LogP contribution in [-0.2, 0) is 5.54 Å². The minimum absolute atomic E-state index is 0.115. The van der Waals surface area contributed by atoms with Gasteiger partial charge in [0.05, 0.1) is 5.54 Å². The predicted molar refractivity (Wildman–Crippen MR) is 107 cm³/mol. The summed E-state index contributed by atoms with van der Waals surface area (Å²) in [6.45, 7) is 15.4. The molecular formula is C20H28N4O2. The molecule has 6 heteroatoms. The number of carbonyl (C=O) groups is 1. The van der Waals surface area contributed by atoms with Crippen molar-refractivity contribution < 1.29 is 4.79 Å². The number of anilines is 1. The number of aromatic nitrogens is 2. The number of aryl methyl sites for hydroxylation is 1. The lowest BCUT2D eigenvalue weighted by atomic mass is 9.92. The molecule has 0 atom stereocenters. The van der Waals surface area contributed by atoms with E-state index in [4.69, 9.17) is 0 Å². The zero-order valence-corrected chi connectivity index (χ0v) is 16.4. The predicted octanol–water partition coefficient (Wildman–Crippen LogP) is 4.19. The largest absolute Gasteiger partial charge is 0.329 e. The molecule has 0 fully saturated rings. The highest BCUT2D eigenvalue weighted by atomic mass is 16.2. The second-order valence-electron chi connectivity index (χ2n) is 6.30. The Morgan fingerprint density at radius 1 is 1.23 bits per heavy atom. The Labute approximate surface area is 154 Å². The van der Waals surface area contributed by atoms with E-state index in [1.165, 1.54) is 6.07 Å². The molecule has 140 valence electrons. The number of nitrogens with one attached hydrogen (secondary N) is 3. The Kier molecular flexibility index (Phi) is 7.31. The summed E-state index contributed by atoms with van der Waals surface area (Å²) in [5.41, 5.74) is 2.53. The maximum Gasteiger partial charge on any atom is 0.322 e.